The summed E-state index contributed by atoms with van der Waals surface area (Å²) in [5, 5.41) is 3.87. The second-order valence-corrected chi connectivity index (χ2v) is 8.94. The van der Waals surface area contributed by atoms with E-state index in [1.54, 1.807) is 6.07 Å². The number of carbonyl (C=O) groups excluding carboxylic acids is 1. The third kappa shape index (κ3) is 3.43. The van der Waals surface area contributed by atoms with Crippen LogP contribution in [-0.2, 0) is 9.84 Å². The number of fused-ring (bicyclic) bond motifs is 1. The molecule has 0 saturated heterocycles. The summed E-state index contributed by atoms with van der Waals surface area (Å²) in [5.41, 5.74) is 1.57. The molecule has 2 aromatic carbocycles. The van der Waals surface area contributed by atoms with Crippen molar-refractivity contribution in [3.63, 3.8) is 0 Å². The molecule has 0 aliphatic carbocycles. The molecule has 0 spiro atoms. The van der Waals surface area contributed by atoms with Gasteiger partial charge in [0.25, 0.3) is 5.91 Å². The van der Waals surface area contributed by atoms with Crippen LogP contribution in [0, 0.1) is 6.92 Å². The fourth-order valence-corrected chi connectivity index (χ4v) is 3.94. The van der Waals surface area contributed by atoms with Gasteiger partial charge in [0, 0.05) is 11.9 Å². The van der Waals surface area contributed by atoms with Crippen LogP contribution >= 0.6 is 22.9 Å². The number of sulfone groups is 1. The summed E-state index contributed by atoms with van der Waals surface area (Å²) in [6.07, 6.45) is 1.08. The first-order valence-corrected chi connectivity index (χ1v) is 10.0. The topological polar surface area (TPSA) is 76.1 Å². The van der Waals surface area contributed by atoms with Crippen molar-refractivity contribution in [3.8, 4) is 0 Å². The van der Waals surface area contributed by atoms with Gasteiger partial charge in [-0.15, -0.1) is 11.3 Å². The second-order valence-electron chi connectivity index (χ2n) is 5.28. The molecule has 1 heterocycles. The number of hydrogen-bond acceptors (Lipinski definition) is 5. The number of aromatic nitrogens is 1. The Bertz CT molecular complexity index is 1060. The maximum absolute atomic E-state index is 12.5. The summed E-state index contributed by atoms with van der Waals surface area (Å²) >= 11 is 7.57. The molecule has 0 radical (unpaired) electrons. The molecule has 0 bridgehead atoms. The van der Waals surface area contributed by atoms with Gasteiger partial charge < -0.3 is 5.32 Å². The lowest BCUT2D eigenvalue weighted by Gasteiger charge is -2.08. The van der Waals surface area contributed by atoms with Gasteiger partial charge in [-0.3, -0.25) is 4.79 Å². The SMILES string of the molecule is Cc1nc2ccc(NC(=O)c3cc(S(C)(=O)=O)ccc3Cl)cc2s1. The van der Waals surface area contributed by atoms with E-state index in [1.165, 1.54) is 29.5 Å². The van der Waals surface area contributed by atoms with E-state index >= 15 is 0 Å². The van der Waals surface area contributed by atoms with Crippen LogP contribution in [0.1, 0.15) is 15.4 Å². The van der Waals surface area contributed by atoms with Crippen molar-refractivity contribution in [2.75, 3.05) is 11.6 Å². The quantitative estimate of drug-likeness (QED) is 0.747. The Morgan fingerprint density at radius 1 is 1.21 bits per heavy atom. The van der Waals surface area contributed by atoms with Crippen LogP contribution in [0.25, 0.3) is 10.2 Å². The smallest absolute Gasteiger partial charge is 0.257 e. The fraction of sp³-hybridized carbons (Fsp3) is 0.125. The maximum Gasteiger partial charge on any atom is 0.257 e. The van der Waals surface area contributed by atoms with E-state index in [0.717, 1.165) is 21.5 Å². The number of amides is 1. The number of aryl methyl sites for hydroxylation is 1. The van der Waals surface area contributed by atoms with Crippen molar-refractivity contribution in [3.05, 3.63) is 52.0 Å². The van der Waals surface area contributed by atoms with Gasteiger partial charge in [0.15, 0.2) is 9.84 Å². The molecule has 0 aliphatic heterocycles. The number of thiazole rings is 1. The van der Waals surface area contributed by atoms with Gasteiger partial charge in [-0.2, -0.15) is 0 Å². The van der Waals surface area contributed by atoms with Crippen LogP contribution in [-0.4, -0.2) is 25.6 Å². The standard InChI is InChI=1S/C16H13ClN2O3S2/c1-9-18-14-6-3-10(7-15(14)23-9)19-16(20)12-8-11(24(2,21)22)4-5-13(12)17/h3-8H,1-2H3,(H,19,20). The minimum Gasteiger partial charge on any atom is -0.322 e. The minimum absolute atomic E-state index is 0.0468. The Labute approximate surface area is 148 Å². The molecule has 3 rings (SSSR count). The van der Waals surface area contributed by atoms with Crippen molar-refractivity contribution in [2.45, 2.75) is 11.8 Å². The Morgan fingerprint density at radius 2 is 1.96 bits per heavy atom. The zero-order chi connectivity index (χ0) is 17.5. The number of anilines is 1. The molecule has 5 nitrogen and oxygen atoms in total. The number of rotatable bonds is 3. The predicted molar refractivity (Wildman–Crippen MR) is 96.9 cm³/mol. The molecule has 1 amide bonds. The van der Waals surface area contributed by atoms with Crippen LogP contribution in [0.2, 0.25) is 5.02 Å². The van der Waals surface area contributed by atoms with Crippen molar-refractivity contribution >= 4 is 54.6 Å². The lowest BCUT2D eigenvalue weighted by Crippen LogP contribution is -2.13. The minimum atomic E-state index is -3.42. The van der Waals surface area contributed by atoms with Gasteiger partial charge in [0.2, 0.25) is 0 Å². The van der Waals surface area contributed by atoms with Crippen molar-refractivity contribution in [2.24, 2.45) is 0 Å². The van der Waals surface area contributed by atoms with E-state index < -0.39 is 15.7 Å². The molecular formula is C16H13ClN2O3S2. The molecular weight excluding hydrogens is 368 g/mol. The number of benzene rings is 2. The summed E-state index contributed by atoms with van der Waals surface area (Å²) in [6, 6.07) is 9.45. The Hall–Kier alpha value is -1.96. The monoisotopic (exact) mass is 380 g/mol. The molecule has 0 aliphatic rings. The molecule has 24 heavy (non-hydrogen) atoms. The summed E-state index contributed by atoms with van der Waals surface area (Å²) in [7, 11) is -3.42. The molecule has 0 saturated carbocycles. The molecule has 1 N–H and O–H groups in total. The lowest BCUT2D eigenvalue weighted by atomic mass is 10.2. The Balaban J connectivity index is 1.93. The molecule has 3 aromatic rings. The van der Waals surface area contributed by atoms with Crippen LogP contribution in [0.15, 0.2) is 41.3 Å². The summed E-state index contributed by atoms with van der Waals surface area (Å²) in [4.78, 5) is 16.9. The van der Waals surface area contributed by atoms with Gasteiger partial charge in [-0.25, -0.2) is 13.4 Å². The first-order valence-electron chi connectivity index (χ1n) is 6.92. The first-order chi connectivity index (χ1) is 11.2. The summed E-state index contributed by atoms with van der Waals surface area (Å²) in [6.45, 7) is 1.92. The average Bonchev–Trinajstić information content (AvgIpc) is 2.85. The molecule has 124 valence electrons. The molecule has 0 unspecified atom stereocenters. The van der Waals surface area contributed by atoms with E-state index in [0.29, 0.717) is 5.69 Å². The van der Waals surface area contributed by atoms with Crippen LogP contribution in [0.3, 0.4) is 0 Å². The Morgan fingerprint density at radius 3 is 2.67 bits per heavy atom. The van der Waals surface area contributed by atoms with Gasteiger partial charge in [-0.1, -0.05) is 11.6 Å². The summed E-state index contributed by atoms with van der Waals surface area (Å²) < 4.78 is 24.3. The molecule has 1 aromatic heterocycles. The van der Waals surface area contributed by atoms with E-state index in [2.05, 4.69) is 10.3 Å². The van der Waals surface area contributed by atoms with Crippen LogP contribution in [0.4, 0.5) is 5.69 Å². The predicted octanol–water partition coefficient (Wildman–Crippen LogP) is 3.91. The number of hydrogen-bond donors (Lipinski definition) is 1. The number of nitrogens with zero attached hydrogens (tertiary/aromatic N) is 1. The zero-order valence-electron chi connectivity index (χ0n) is 12.8. The highest BCUT2D eigenvalue weighted by molar-refractivity contribution is 7.90. The first kappa shape index (κ1) is 16.9. The van der Waals surface area contributed by atoms with E-state index in [4.69, 9.17) is 11.6 Å². The van der Waals surface area contributed by atoms with Crippen molar-refractivity contribution < 1.29 is 13.2 Å². The third-order valence-corrected chi connectivity index (χ3v) is 5.74. The summed E-state index contributed by atoms with van der Waals surface area (Å²) in [5.74, 6) is -0.467. The number of halogens is 1. The highest BCUT2D eigenvalue weighted by atomic mass is 35.5. The average molecular weight is 381 g/mol. The molecule has 8 heteroatoms. The van der Waals surface area contributed by atoms with Crippen LogP contribution in [0.5, 0.6) is 0 Å². The van der Waals surface area contributed by atoms with E-state index in [1.807, 2.05) is 19.1 Å². The Kier molecular flexibility index (Phi) is 4.33. The number of nitrogens with one attached hydrogen (secondary N) is 1. The molecule has 0 atom stereocenters. The highest BCUT2D eigenvalue weighted by Gasteiger charge is 2.16. The fourth-order valence-electron chi connectivity index (χ4n) is 2.23. The van der Waals surface area contributed by atoms with Crippen molar-refractivity contribution in [1.29, 1.82) is 0 Å². The zero-order valence-corrected chi connectivity index (χ0v) is 15.2. The number of carbonyl (C=O) groups is 1. The van der Waals surface area contributed by atoms with Crippen molar-refractivity contribution in [1.82, 2.24) is 4.98 Å². The lowest BCUT2D eigenvalue weighted by molar-refractivity contribution is 0.102. The van der Waals surface area contributed by atoms with E-state index in [9.17, 15) is 13.2 Å². The van der Waals surface area contributed by atoms with Gasteiger partial charge >= 0.3 is 0 Å². The normalized spacial score (nSPS) is 11.6. The second kappa shape index (κ2) is 6.16. The largest absolute Gasteiger partial charge is 0.322 e. The van der Waals surface area contributed by atoms with Gasteiger partial charge in [0.05, 0.1) is 30.7 Å². The van der Waals surface area contributed by atoms with Crippen LogP contribution < -0.4 is 5.32 Å². The molecule has 0 fully saturated rings. The van der Waals surface area contributed by atoms with Gasteiger partial charge in [0.1, 0.15) is 0 Å². The maximum atomic E-state index is 12.5. The van der Waals surface area contributed by atoms with E-state index in [-0.39, 0.29) is 15.5 Å². The van der Waals surface area contributed by atoms with Gasteiger partial charge in [-0.05, 0) is 43.3 Å². The highest BCUT2D eigenvalue weighted by Crippen LogP contribution is 2.26. The third-order valence-electron chi connectivity index (χ3n) is 3.36.